The summed E-state index contributed by atoms with van der Waals surface area (Å²) in [5.74, 6) is -0.242. The Hall–Kier alpha value is -2.52. The smallest absolute Gasteiger partial charge is 0.245 e. The Labute approximate surface area is 188 Å². The molecule has 0 bridgehead atoms. The van der Waals surface area contributed by atoms with Crippen molar-refractivity contribution >= 4 is 21.6 Å². The lowest BCUT2D eigenvalue weighted by Gasteiger charge is -2.31. The summed E-state index contributed by atoms with van der Waals surface area (Å²) in [4.78, 5) is 16.2. The number of pyridine rings is 1. The molecule has 0 spiro atoms. The van der Waals surface area contributed by atoms with Gasteiger partial charge in [-0.05, 0) is 48.9 Å². The molecule has 1 fully saturated rings. The van der Waals surface area contributed by atoms with Crippen LogP contribution in [0, 0.1) is 11.7 Å². The summed E-state index contributed by atoms with van der Waals surface area (Å²) in [6, 6.07) is 7.17. The molecule has 9 heteroatoms. The van der Waals surface area contributed by atoms with Crippen molar-refractivity contribution in [2.45, 2.75) is 49.5 Å². The van der Waals surface area contributed by atoms with Crippen LogP contribution in [-0.2, 0) is 21.2 Å². The van der Waals surface area contributed by atoms with Crippen molar-refractivity contribution in [1.82, 2.24) is 14.6 Å². The minimum absolute atomic E-state index is 0.00728. The molecular weight excluding hydrogens is 431 g/mol. The quantitative estimate of drug-likeness (QED) is 0.591. The van der Waals surface area contributed by atoms with E-state index < -0.39 is 15.8 Å². The Balaban J connectivity index is 1.13. The molecule has 0 radical (unpaired) electrons. The minimum Gasteiger partial charge on any atom is -0.373 e. The zero-order valence-electron chi connectivity index (χ0n) is 18.0. The van der Waals surface area contributed by atoms with Crippen LogP contribution in [-0.4, -0.2) is 49.3 Å². The fraction of sp³-hybridized carbons (Fsp3) is 0.478. The standard InChI is InChI=1S/C23H29FN4O3S/c24-19-6-1-2-7-22(19)32(30,31)28-13-9-17(10-14-28)5-3-4-11-26-23(29)21-15-18-16-25-12-8-20(18)27-21/h1-2,6-8,12,16-17,21,27H,3-5,9-11,13-15H2,(H,26,29). The van der Waals surface area contributed by atoms with Crippen LogP contribution in [0.15, 0.2) is 47.6 Å². The van der Waals surface area contributed by atoms with Crippen molar-refractivity contribution in [3.63, 3.8) is 0 Å². The number of benzene rings is 1. The fourth-order valence-electron chi connectivity index (χ4n) is 4.47. The Morgan fingerprint density at radius 2 is 1.97 bits per heavy atom. The molecular formula is C23H29FN4O3S. The molecule has 0 aliphatic carbocycles. The summed E-state index contributed by atoms with van der Waals surface area (Å²) in [6.07, 6.45) is 8.59. The highest BCUT2D eigenvalue weighted by Crippen LogP contribution is 2.28. The van der Waals surface area contributed by atoms with Gasteiger partial charge in [0.2, 0.25) is 15.9 Å². The Kier molecular flexibility index (Phi) is 7.05. The highest BCUT2D eigenvalue weighted by Gasteiger charge is 2.31. The van der Waals surface area contributed by atoms with Crippen LogP contribution >= 0.6 is 0 Å². The Morgan fingerprint density at radius 1 is 1.19 bits per heavy atom. The van der Waals surface area contributed by atoms with Gasteiger partial charge in [0, 0.05) is 44.1 Å². The predicted molar refractivity (Wildman–Crippen MR) is 120 cm³/mol. The van der Waals surface area contributed by atoms with Crippen LogP contribution in [0.2, 0.25) is 0 Å². The molecule has 2 aliphatic rings. The Morgan fingerprint density at radius 3 is 2.72 bits per heavy atom. The lowest BCUT2D eigenvalue weighted by molar-refractivity contribution is -0.121. The van der Waals surface area contributed by atoms with E-state index in [1.165, 1.54) is 22.5 Å². The van der Waals surface area contributed by atoms with Gasteiger partial charge in [-0.3, -0.25) is 9.78 Å². The van der Waals surface area contributed by atoms with Gasteiger partial charge in [-0.2, -0.15) is 4.31 Å². The number of anilines is 1. The van der Waals surface area contributed by atoms with Crippen molar-refractivity contribution in [3.8, 4) is 0 Å². The van der Waals surface area contributed by atoms with Gasteiger partial charge in [0.25, 0.3) is 0 Å². The number of unbranched alkanes of at least 4 members (excludes halogenated alkanes) is 1. The average Bonchev–Trinajstić information content (AvgIpc) is 3.24. The van der Waals surface area contributed by atoms with E-state index in [2.05, 4.69) is 15.6 Å². The molecule has 3 heterocycles. The van der Waals surface area contributed by atoms with Gasteiger partial charge in [-0.25, -0.2) is 12.8 Å². The molecule has 2 N–H and O–H groups in total. The lowest BCUT2D eigenvalue weighted by atomic mass is 9.92. The zero-order chi connectivity index (χ0) is 22.6. The number of carbonyl (C=O) groups excluding carboxylic acids is 1. The van der Waals surface area contributed by atoms with E-state index in [4.69, 9.17) is 0 Å². The largest absolute Gasteiger partial charge is 0.373 e. The first-order chi connectivity index (χ1) is 15.4. The van der Waals surface area contributed by atoms with E-state index in [0.717, 1.165) is 43.4 Å². The molecule has 172 valence electrons. The van der Waals surface area contributed by atoms with Crippen molar-refractivity contribution in [1.29, 1.82) is 0 Å². The van der Waals surface area contributed by atoms with E-state index in [9.17, 15) is 17.6 Å². The van der Waals surface area contributed by atoms with Gasteiger partial charge < -0.3 is 10.6 Å². The second-order valence-corrected chi connectivity index (χ2v) is 10.4. The van der Waals surface area contributed by atoms with E-state index in [1.807, 2.05) is 6.07 Å². The third kappa shape index (κ3) is 5.10. The topological polar surface area (TPSA) is 91.4 Å². The van der Waals surface area contributed by atoms with Crippen LogP contribution in [0.4, 0.5) is 10.1 Å². The van der Waals surface area contributed by atoms with E-state index >= 15 is 0 Å². The van der Waals surface area contributed by atoms with Crippen LogP contribution in [0.3, 0.4) is 0 Å². The maximum absolute atomic E-state index is 13.9. The second-order valence-electron chi connectivity index (χ2n) is 8.50. The molecule has 2 aromatic rings. The third-order valence-corrected chi connectivity index (χ3v) is 8.27. The van der Waals surface area contributed by atoms with Gasteiger partial charge in [0.05, 0.1) is 0 Å². The van der Waals surface area contributed by atoms with E-state index in [-0.39, 0.29) is 16.8 Å². The van der Waals surface area contributed by atoms with Gasteiger partial charge in [-0.1, -0.05) is 25.0 Å². The monoisotopic (exact) mass is 460 g/mol. The molecule has 1 atom stereocenters. The number of piperidine rings is 1. The average molecular weight is 461 g/mol. The molecule has 7 nitrogen and oxygen atoms in total. The molecule has 1 aromatic heterocycles. The van der Waals surface area contributed by atoms with Crippen molar-refractivity contribution in [3.05, 3.63) is 54.1 Å². The number of halogens is 1. The highest BCUT2D eigenvalue weighted by atomic mass is 32.2. The number of aromatic nitrogens is 1. The molecule has 4 rings (SSSR count). The molecule has 1 saturated heterocycles. The number of rotatable bonds is 8. The summed E-state index contributed by atoms with van der Waals surface area (Å²) in [5.41, 5.74) is 2.04. The first-order valence-electron chi connectivity index (χ1n) is 11.2. The van der Waals surface area contributed by atoms with Crippen molar-refractivity contribution in [2.75, 3.05) is 25.0 Å². The molecule has 1 amide bonds. The van der Waals surface area contributed by atoms with Gasteiger partial charge >= 0.3 is 0 Å². The van der Waals surface area contributed by atoms with Crippen molar-refractivity contribution in [2.24, 2.45) is 5.92 Å². The lowest BCUT2D eigenvalue weighted by Crippen LogP contribution is -2.39. The van der Waals surface area contributed by atoms with Crippen LogP contribution in [0.1, 0.15) is 37.7 Å². The number of nitrogens with zero attached hydrogens (tertiary/aromatic N) is 2. The fourth-order valence-corrected chi connectivity index (χ4v) is 6.01. The highest BCUT2D eigenvalue weighted by molar-refractivity contribution is 7.89. The molecule has 0 saturated carbocycles. The van der Waals surface area contributed by atoms with Crippen LogP contribution < -0.4 is 10.6 Å². The summed E-state index contributed by atoms with van der Waals surface area (Å²) >= 11 is 0. The number of sulfonamides is 1. The predicted octanol–water partition coefficient (Wildman–Crippen LogP) is 2.94. The number of hydrogen-bond acceptors (Lipinski definition) is 5. The van der Waals surface area contributed by atoms with Crippen molar-refractivity contribution < 1.29 is 17.6 Å². The second kappa shape index (κ2) is 9.95. The first kappa shape index (κ1) is 22.7. The number of fused-ring (bicyclic) bond motifs is 1. The SMILES string of the molecule is O=C(NCCCCC1CCN(S(=O)(=O)c2ccccc2F)CC1)C1Cc2cnccc2N1. The number of amides is 1. The number of hydrogen-bond donors (Lipinski definition) is 2. The summed E-state index contributed by atoms with van der Waals surface area (Å²) < 4.78 is 40.7. The maximum Gasteiger partial charge on any atom is 0.245 e. The van der Waals surface area contributed by atoms with Gasteiger partial charge in [0.1, 0.15) is 16.8 Å². The molecule has 1 aromatic carbocycles. The Bertz CT molecular complexity index is 1030. The summed E-state index contributed by atoms with van der Waals surface area (Å²) in [5, 5.41) is 6.23. The summed E-state index contributed by atoms with van der Waals surface area (Å²) in [6.45, 7) is 1.47. The number of carbonyl (C=O) groups is 1. The van der Waals surface area contributed by atoms with Gasteiger partial charge in [-0.15, -0.1) is 0 Å². The number of nitrogens with one attached hydrogen (secondary N) is 2. The molecule has 32 heavy (non-hydrogen) atoms. The zero-order valence-corrected chi connectivity index (χ0v) is 18.8. The van der Waals surface area contributed by atoms with Gasteiger partial charge in [0.15, 0.2) is 0 Å². The summed E-state index contributed by atoms with van der Waals surface area (Å²) in [7, 11) is -3.78. The molecule has 2 aliphatic heterocycles. The van der Waals surface area contributed by atoms with Crippen LogP contribution in [0.5, 0.6) is 0 Å². The third-order valence-electron chi connectivity index (χ3n) is 6.34. The first-order valence-corrected chi connectivity index (χ1v) is 12.6. The molecule has 1 unspecified atom stereocenters. The maximum atomic E-state index is 13.9. The minimum atomic E-state index is -3.78. The normalized spacial score (nSPS) is 19.3. The van der Waals surface area contributed by atoms with Crippen LogP contribution in [0.25, 0.3) is 0 Å². The van der Waals surface area contributed by atoms with E-state index in [1.54, 1.807) is 18.5 Å². The van der Waals surface area contributed by atoms with E-state index in [0.29, 0.717) is 32.0 Å².